The van der Waals surface area contributed by atoms with E-state index in [4.69, 9.17) is 4.74 Å². The molecule has 96 valence electrons. The van der Waals surface area contributed by atoms with Gasteiger partial charge in [0.15, 0.2) is 0 Å². The molecule has 2 unspecified atom stereocenters. The standard InChI is InChI=1S/C13H28N2O/c1-4-12(2)13-11-15(9-7-14-13)8-5-6-10-16-3/h12-14H,4-11H2,1-3H3. The monoisotopic (exact) mass is 228 g/mol. The largest absolute Gasteiger partial charge is 0.385 e. The first-order valence-corrected chi connectivity index (χ1v) is 6.72. The Balaban J connectivity index is 2.17. The lowest BCUT2D eigenvalue weighted by atomic mass is 9.97. The minimum Gasteiger partial charge on any atom is -0.385 e. The average molecular weight is 228 g/mol. The van der Waals surface area contributed by atoms with Gasteiger partial charge in [-0.05, 0) is 25.3 Å². The molecule has 0 aromatic rings. The van der Waals surface area contributed by atoms with Crippen LogP contribution in [0.15, 0.2) is 0 Å². The predicted octanol–water partition coefficient (Wildman–Crippen LogP) is 1.73. The summed E-state index contributed by atoms with van der Waals surface area (Å²) in [4.78, 5) is 2.60. The van der Waals surface area contributed by atoms with Crippen molar-refractivity contribution in [3.63, 3.8) is 0 Å². The van der Waals surface area contributed by atoms with Crippen LogP contribution in [-0.4, -0.2) is 50.8 Å². The van der Waals surface area contributed by atoms with Crippen molar-refractivity contribution in [2.75, 3.05) is 39.9 Å². The van der Waals surface area contributed by atoms with E-state index in [1.807, 2.05) is 0 Å². The molecule has 3 heteroatoms. The molecule has 16 heavy (non-hydrogen) atoms. The zero-order valence-electron chi connectivity index (χ0n) is 11.2. The molecule has 1 saturated heterocycles. The van der Waals surface area contributed by atoms with E-state index >= 15 is 0 Å². The average Bonchev–Trinajstić information content (AvgIpc) is 2.34. The molecule has 0 spiro atoms. The van der Waals surface area contributed by atoms with E-state index in [0.717, 1.165) is 19.1 Å². The summed E-state index contributed by atoms with van der Waals surface area (Å²) >= 11 is 0. The fourth-order valence-electron chi connectivity index (χ4n) is 2.29. The first-order valence-electron chi connectivity index (χ1n) is 6.72. The highest BCUT2D eigenvalue weighted by Gasteiger charge is 2.22. The van der Waals surface area contributed by atoms with Crippen LogP contribution in [0.3, 0.4) is 0 Å². The van der Waals surface area contributed by atoms with Crippen LogP contribution in [-0.2, 0) is 4.74 Å². The molecule has 0 amide bonds. The lowest BCUT2D eigenvalue weighted by Crippen LogP contribution is -2.53. The van der Waals surface area contributed by atoms with E-state index < -0.39 is 0 Å². The quantitative estimate of drug-likeness (QED) is 0.672. The molecule has 2 atom stereocenters. The molecule has 0 radical (unpaired) electrons. The molecule has 3 nitrogen and oxygen atoms in total. The van der Waals surface area contributed by atoms with Gasteiger partial charge in [-0.3, -0.25) is 0 Å². The Morgan fingerprint density at radius 3 is 2.94 bits per heavy atom. The van der Waals surface area contributed by atoms with Crippen molar-refractivity contribution < 1.29 is 4.74 Å². The van der Waals surface area contributed by atoms with Crippen LogP contribution >= 0.6 is 0 Å². The van der Waals surface area contributed by atoms with Crippen LogP contribution in [0.25, 0.3) is 0 Å². The number of ether oxygens (including phenoxy) is 1. The minimum atomic E-state index is 0.696. The molecule has 0 aliphatic carbocycles. The maximum Gasteiger partial charge on any atom is 0.0462 e. The number of methoxy groups -OCH3 is 1. The van der Waals surface area contributed by atoms with Crippen molar-refractivity contribution in [3.05, 3.63) is 0 Å². The number of hydrogen-bond donors (Lipinski definition) is 1. The Bertz CT molecular complexity index is 175. The maximum absolute atomic E-state index is 5.08. The van der Waals surface area contributed by atoms with Gasteiger partial charge in [-0.2, -0.15) is 0 Å². The molecule has 1 fully saturated rings. The zero-order valence-corrected chi connectivity index (χ0v) is 11.2. The van der Waals surface area contributed by atoms with Crippen LogP contribution in [0.5, 0.6) is 0 Å². The van der Waals surface area contributed by atoms with Crippen LogP contribution in [0.4, 0.5) is 0 Å². The third-order valence-electron chi connectivity index (χ3n) is 3.69. The van der Waals surface area contributed by atoms with Crippen molar-refractivity contribution in [3.8, 4) is 0 Å². The van der Waals surface area contributed by atoms with Crippen LogP contribution in [0.2, 0.25) is 0 Å². The number of unbranched alkanes of at least 4 members (excludes halogenated alkanes) is 1. The Hall–Kier alpha value is -0.120. The lowest BCUT2D eigenvalue weighted by Gasteiger charge is -2.36. The van der Waals surface area contributed by atoms with Crippen molar-refractivity contribution in [1.29, 1.82) is 0 Å². The Morgan fingerprint density at radius 2 is 2.25 bits per heavy atom. The normalized spacial score (nSPS) is 24.6. The highest BCUT2D eigenvalue weighted by molar-refractivity contribution is 4.81. The molecule has 1 N–H and O–H groups in total. The van der Waals surface area contributed by atoms with Gasteiger partial charge in [0.25, 0.3) is 0 Å². The number of hydrogen-bond acceptors (Lipinski definition) is 3. The summed E-state index contributed by atoms with van der Waals surface area (Å²) in [6, 6.07) is 0.696. The Labute approximate surface area is 101 Å². The van der Waals surface area contributed by atoms with Crippen molar-refractivity contribution in [2.45, 2.75) is 39.2 Å². The van der Waals surface area contributed by atoms with Gasteiger partial charge in [-0.1, -0.05) is 20.3 Å². The lowest BCUT2D eigenvalue weighted by molar-refractivity contribution is 0.153. The Kier molecular flexibility index (Phi) is 7.01. The molecule has 0 bridgehead atoms. The van der Waals surface area contributed by atoms with Gasteiger partial charge in [0, 0.05) is 39.4 Å². The summed E-state index contributed by atoms with van der Waals surface area (Å²) in [5.41, 5.74) is 0. The second-order valence-electron chi connectivity index (χ2n) is 4.95. The molecule has 1 rings (SSSR count). The van der Waals surface area contributed by atoms with E-state index in [0.29, 0.717) is 6.04 Å². The van der Waals surface area contributed by atoms with Crippen molar-refractivity contribution in [2.24, 2.45) is 5.92 Å². The summed E-state index contributed by atoms with van der Waals surface area (Å²) < 4.78 is 5.08. The topological polar surface area (TPSA) is 24.5 Å². The minimum absolute atomic E-state index is 0.696. The molecule has 0 aromatic carbocycles. The van der Waals surface area contributed by atoms with E-state index in [9.17, 15) is 0 Å². The summed E-state index contributed by atoms with van der Waals surface area (Å²) in [6.07, 6.45) is 3.73. The van der Waals surface area contributed by atoms with Gasteiger partial charge in [0.1, 0.15) is 0 Å². The van der Waals surface area contributed by atoms with E-state index in [2.05, 4.69) is 24.1 Å². The summed E-state index contributed by atoms with van der Waals surface area (Å²) in [6.45, 7) is 10.4. The number of rotatable bonds is 7. The van der Waals surface area contributed by atoms with Gasteiger partial charge in [-0.15, -0.1) is 0 Å². The highest BCUT2D eigenvalue weighted by Crippen LogP contribution is 2.12. The second-order valence-corrected chi connectivity index (χ2v) is 4.95. The summed E-state index contributed by atoms with van der Waals surface area (Å²) in [5, 5.41) is 3.63. The molecule has 0 saturated carbocycles. The third kappa shape index (κ3) is 4.81. The summed E-state index contributed by atoms with van der Waals surface area (Å²) in [7, 11) is 1.78. The number of nitrogens with one attached hydrogen (secondary N) is 1. The van der Waals surface area contributed by atoms with Gasteiger partial charge >= 0.3 is 0 Å². The Morgan fingerprint density at radius 1 is 1.44 bits per heavy atom. The van der Waals surface area contributed by atoms with E-state index in [-0.39, 0.29) is 0 Å². The smallest absolute Gasteiger partial charge is 0.0462 e. The van der Waals surface area contributed by atoms with Crippen molar-refractivity contribution >= 4 is 0 Å². The molecule has 1 aliphatic rings. The van der Waals surface area contributed by atoms with Gasteiger partial charge in [0.2, 0.25) is 0 Å². The van der Waals surface area contributed by atoms with E-state index in [1.165, 1.54) is 38.9 Å². The third-order valence-corrected chi connectivity index (χ3v) is 3.69. The molecule has 1 heterocycles. The fraction of sp³-hybridized carbons (Fsp3) is 1.00. The first-order chi connectivity index (χ1) is 7.77. The number of piperazine rings is 1. The fourth-order valence-corrected chi connectivity index (χ4v) is 2.29. The zero-order chi connectivity index (χ0) is 11.8. The maximum atomic E-state index is 5.08. The van der Waals surface area contributed by atoms with Crippen molar-refractivity contribution in [1.82, 2.24) is 10.2 Å². The molecule has 1 aliphatic heterocycles. The summed E-state index contributed by atoms with van der Waals surface area (Å²) in [5.74, 6) is 0.793. The van der Waals surface area contributed by atoms with Crippen LogP contribution < -0.4 is 5.32 Å². The second kappa shape index (κ2) is 8.04. The van der Waals surface area contributed by atoms with Gasteiger partial charge in [-0.25, -0.2) is 0 Å². The van der Waals surface area contributed by atoms with E-state index in [1.54, 1.807) is 7.11 Å². The highest BCUT2D eigenvalue weighted by atomic mass is 16.5. The first kappa shape index (κ1) is 13.9. The van der Waals surface area contributed by atoms with Gasteiger partial charge < -0.3 is 15.0 Å². The predicted molar refractivity (Wildman–Crippen MR) is 68.8 cm³/mol. The molecular formula is C13H28N2O. The number of nitrogens with zero attached hydrogens (tertiary/aromatic N) is 1. The van der Waals surface area contributed by atoms with Gasteiger partial charge in [0.05, 0.1) is 0 Å². The molecule has 0 aromatic heterocycles. The molecular weight excluding hydrogens is 200 g/mol. The van der Waals surface area contributed by atoms with Crippen LogP contribution in [0.1, 0.15) is 33.1 Å². The van der Waals surface area contributed by atoms with Crippen LogP contribution in [0, 0.1) is 5.92 Å². The SMILES string of the molecule is CCC(C)C1CN(CCCCOC)CCN1.